The van der Waals surface area contributed by atoms with Crippen LogP contribution in [-0.2, 0) is 0 Å². The normalized spacial score (nSPS) is 11.5. The van der Waals surface area contributed by atoms with Gasteiger partial charge in [0.05, 0.1) is 12.7 Å². The lowest BCUT2D eigenvalue weighted by Gasteiger charge is -2.03. The molecule has 0 aliphatic carbocycles. The van der Waals surface area contributed by atoms with Gasteiger partial charge in [0, 0.05) is 12.2 Å². The molecule has 1 aromatic heterocycles. The van der Waals surface area contributed by atoms with Crippen molar-refractivity contribution in [3.63, 3.8) is 0 Å². The number of anilines is 1. The number of nitrogen functional groups attached to an aromatic ring is 1. The smallest absolute Gasteiger partial charge is 0.225 e. The number of rotatable bonds is 4. The molecule has 0 spiro atoms. The highest BCUT2D eigenvalue weighted by atomic mass is 35.5. The van der Waals surface area contributed by atoms with Gasteiger partial charge in [0.1, 0.15) is 0 Å². The van der Waals surface area contributed by atoms with E-state index in [1.807, 2.05) is 19.1 Å². The molecule has 4 N–H and O–H groups in total. The quantitative estimate of drug-likeness (QED) is 0.876. The van der Waals surface area contributed by atoms with E-state index in [9.17, 15) is 0 Å². The molecule has 17 heavy (non-hydrogen) atoms. The standard InChI is InChI=1S/C10H16N4O.2ClH/c1-7(11)4-3-5-8-6-13-10(12)14-9(8)15-2;;/h3,5-7H,4,11H2,1-2H3,(H2,12,13,14);2*1H/b5-3-;;/t7-;;/m0../s1. The number of aromatic nitrogens is 2. The molecule has 0 bridgehead atoms. The lowest BCUT2D eigenvalue weighted by Crippen LogP contribution is -2.12. The summed E-state index contributed by atoms with van der Waals surface area (Å²) in [6.45, 7) is 1.95. The van der Waals surface area contributed by atoms with Crippen LogP contribution in [0.5, 0.6) is 5.88 Å². The van der Waals surface area contributed by atoms with Gasteiger partial charge in [-0.2, -0.15) is 4.98 Å². The molecule has 7 heteroatoms. The highest BCUT2D eigenvalue weighted by Crippen LogP contribution is 2.16. The van der Waals surface area contributed by atoms with E-state index in [1.165, 1.54) is 0 Å². The van der Waals surface area contributed by atoms with E-state index in [0.29, 0.717) is 5.88 Å². The molecular weight excluding hydrogens is 263 g/mol. The molecule has 0 unspecified atom stereocenters. The lowest BCUT2D eigenvalue weighted by molar-refractivity contribution is 0.396. The molecule has 0 saturated heterocycles. The van der Waals surface area contributed by atoms with E-state index in [0.717, 1.165) is 12.0 Å². The van der Waals surface area contributed by atoms with E-state index in [4.69, 9.17) is 16.2 Å². The Labute approximate surface area is 113 Å². The fourth-order valence-corrected chi connectivity index (χ4v) is 1.08. The van der Waals surface area contributed by atoms with E-state index in [-0.39, 0.29) is 36.8 Å². The highest BCUT2D eigenvalue weighted by Gasteiger charge is 2.02. The minimum Gasteiger partial charge on any atom is -0.480 e. The maximum atomic E-state index is 5.62. The average molecular weight is 281 g/mol. The van der Waals surface area contributed by atoms with Gasteiger partial charge in [-0.25, -0.2) is 4.98 Å². The fourth-order valence-electron chi connectivity index (χ4n) is 1.08. The van der Waals surface area contributed by atoms with Crippen molar-refractivity contribution in [3.05, 3.63) is 17.8 Å². The van der Waals surface area contributed by atoms with Crippen LogP contribution in [0.3, 0.4) is 0 Å². The Bertz CT molecular complexity index is 358. The zero-order chi connectivity index (χ0) is 11.3. The molecule has 1 rings (SSSR count). The van der Waals surface area contributed by atoms with Crippen molar-refractivity contribution < 1.29 is 4.74 Å². The van der Waals surface area contributed by atoms with Crippen LogP contribution in [0.25, 0.3) is 6.08 Å². The number of hydrogen-bond acceptors (Lipinski definition) is 5. The Hall–Kier alpha value is -1.04. The Kier molecular flexibility index (Phi) is 9.74. The molecule has 0 aromatic carbocycles. The monoisotopic (exact) mass is 280 g/mol. The number of methoxy groups -OCH3 is 1. The van der Waals surface area contributed by atoms with Gasteiger partial charge < -0.3 is 16.2 Å². The first-order valence-electron chi connectivity index (χ1n) is 4.72. The van der Waals surface area contributed by atoms with Crippen molar-refractivity contribution in [1.29, 1.82) is 0 Å². The molecule has 0 aliphatic rings. The second kappa shape index (κ2) is 9.04. The number of nitrogens with two attached hydrogens (primary N) is 2. The van der Waals surface area contributed by atoms with Gasteiger partial charge >= 0.3 is 0 Å². The van der Waals surface area contributed by atoms with Crippen LogP contribution < -0.4 is 16.2 Å². The van der Waals surface area contributed by atoms with Crippen molar-refractivity contribution in [2.45, 2.75) is 19.4 Å². The molecule has 0 aliphatic heterocycles. The molecule has 0 amide bonds. The number of halogens is 2. The Morgan fingerprint density at radius 3 is 2.65 bits per heavy atom. The summed E-state index contributed by atoms with van der Waals surface area (Å²) >= 11 is 0. The minimum atomic E-state index is 0. The summed E-state index contributed by atoms with van der Waals surface area (Å²) in [4.78, 5) is 7.84. The summed E-state index contributed by atoms with van der Waals surface area (Å²) < 4.78 is 5.07. The summed E-state index contributed by atoms with van der Waals surface area (Å²) in [6.07, 6.45) is 6.26. The largest absolute Gasteiger partial charge is 0.480 e. The third-order valence-corrected chi connectivity index (χ3v) is 1.80. The van der Waals surface area contributed by atoms with E-state index < -0.39 is 0 Å². The number of hydrogen-bond donors (Lipinski definition) is 2. The van der Waals surface area contributed by atoms with Crippen LogP contribution in [0.4, 0.5) is 5.95 Å². The summed E-state index contributed by atoms with van der Waals surface area (Å²) in [6, 6.07) is 0.141. The summed E-state index contributed by atoms with van der Waals surface area (Å²) in [5.41, 5.74) is 11.8. The Balaban J connectivity index is 0. The molecule has 1 heterocycles. The third-order valence-electron chi connectivity index (χ3n) is 1.80. The van der Waals surface area contributed by atoms with Gasteiger partial charge in [-0.05, 0) is 13.3 Å². The van der Waals surface area contributed by atoms with Crippen molar-refractivity contribution in [2.24, 2.45) is 5.73 Å². The molecule has 0 fully saturated rings. The number of ether oxygens (including phenoxy) is 1. The summed E-state index contributed by atoms with van der Waals surface area (Å²) in [7, 11) is 1.55. The summed E-state index contributed by atoms with van der Waals surface area (Å²) in [5, 5.41) is 0. The molecule has 0 saturated carbocycles. The van der Waals surface area contributed by atoms with Crippen molar-refractivity contribution in [3.8, 4) is 5.88 Å². The second-order valence-electron chi connectivity index (χ2n) is 3.31. The predicted octanol–water partition coefficient (Wildman–Crippen LogP) is 1.66. The van der Waals surface area contributed by atoms with Gasteiger partial charge in [0.25, 0.3) is 0 Å². The van der Waals surface area contributed by atoms with E-state index in [2.05, 4.69) is 9.97 Å². The first kappa shape index (κ1) is 18.3. The first-order valence-corrected chi connectivity index (χ1v) is 4.72. The van der Waals surface area contributed by atoms with Gasteiger partial charge in [-0.3, -0.25) is 0 Å². The van der Waals surface area contributed by atoms with Gasteiger partial charge in [0.15, 0.2) is 0 Å². The van der Waals surface area contributed by atoms with Crippen LogP contribution in [0.1, 0.15) is 18.9 Å². The zero-order valence-electron chi connectivity index (χ0n) is 9.79. The van der Waals surface area contributed by atoms with Gasteiger partial charge in [0.2, 0.25) is 11.8 Å². The van der Waals surface area contributed by atoms with Crippen LogP contribution in [0.2, 0.25) is 0 Å². The zero-order valence-corrected chi connectivity index (χ0v) is 11.4. The number of nitrogens with zero attached hydrogens (tertiary/aromatic N) is 2. The topological polar surface area (TPSA) is 87.0 Å². The SMILES string of the molecule is COc1nc(N)ncc1/C=C\C[C@H](C)N.Cl.Cl. The maximum absolute atomic E-state index is 5.62. The third kappa shape index (κ3) is 6.31. The molecule has 1 atom stereocenters. The van der Waals surface area contributed by atoms with Gasteiger partial charge in [-0.1, -0.05) is 12.2 Å². The Morgan fingerprint density at radius 1 is 1.47 bits per heavy atom. The highest BCUT2D eigenvalue weighted by molar-refractivity contribution is 5.85. The van der Waals surface area contributed by atoms with Crippen LogP contribution in [0, 0.1) is 0 Å². The van der Waals surface area contributed by atoms with Crippen LogP contribution >= 0.6 is 24.8 Å². The molecule has 1 aromatic rings. The van der Waals surface area contributed by atoms with E-state index >= 15 is 0 Å². The van der Waals surface area contributed by atoms with Crippen molar-refractivity contribution in [2.75, 3.05) is 12.8 Å². The van der Waals surface area contributed by atoms with Crippen molar-refractivity contribution in [1.82, 2.24) is 9.97 Å². The van der Waals surface area contributed by atoms with E-state index in [1.54, 1.807) is 13.3 Å². The average Bonchev–Trinajstić information content (AvgIpc) is 2.19. The molecule has 0 radical (unpaired) electrons. The fraction of sp³-hybridized carbons (Fsp3) is 0.400. The van der Waals surface area contributed by atoms with Crippen LogP contribution in [-0.4, -0.2) is 23.1 Å². The minimum absolute atomic E-state index is 0. The molecule has 98 valence electrons. The lowest BCUT2D eigenvalue weighted by atomic mass is 10.2. The Morgan fingerprint density at radius 2 is 2.12 bits per heavy atom. The second-order valence-corrected chi connectivity index (χ2v) is 3.31. The maximum Gasteiger partial charge on any atom is 0.225 e. The van der Waals surface area contributed by atoms with Crippen LogP contribution in [0.15, 0.2) is 12.3 Å². The van der Waals surface area contributed by atoms with Gasteiger partial charge in [-0.15, -0.1) is 24.8 Å². The first-order chi connectivity index (χ1) is 7.13. The molecule has 5 nitrogen and oxygen atoms in total. The predicted molar refractivity (Wildman–Crippen MR) is 74.8 cm³/mol. The van der Waals surface area contributed by atoms with Crippen molar-refractivity contribution >= 4 is 36.8 Å². The molecular formula is C10H18Cl2N4O. The summed E-state index contributed by atoms with van der Waals surface area (Å²) in [5.74, 6) is 0.680.